The molecule has 2 aromatic carbocycles. The molecule has 152 valence electrons. The Labute approximate surface area is 163 Å². The Hall–Kier alpha value is -2.52. The molecule has 0 aliphatic rings. The average Bonchev–Trinajstić information content (AvgIpc) is 2.58. The van der Waals surface area contributed by atoms with Gasteiger partial charge in [-0.25, -0.2) is 21.9 Å². The maximum atomic E-state index is 13.5. The van der Waals surface area contributed by atoms with E-state index in [1.807, 2.05) is 0 Å². The van der Waals surface area contributed by atoms with Gasteiger partial charge in [0.2, 0.25) is 10.0 Å². The van der Waals surface area contributed by atoms with Crippen LogP contribution in [0, 0.1) is 11.6 Å². The van der Waals surface area contributed by atoms with Crippen molar-refractivity contribution in [2.75, 3.05) is 6.61 Å². The van der Waals surface area contributed by atoms with Crippen LogP contribution >= 0.6 is 0 Å². The summed E-state index contributed by atoms with van der Waals surface area (Å²) in [5.74, 6) is -2.62. The van der Waals surface area contributed by atoms with E-state index in [4.69, 9.17) is 4.74 Å². The van der Waals surface area contributed by atoms with E-state index >= 15 is 0 Å². The Morgan fingerprint density at radius 3 is 2.43 bits per heavy atom. The Morgan fingerprint density at radius 2 is 1.79 bits per heavy atom. The summed E-state index contributed by atoms with van der Waals surface area (Å²) in [5.41, 5.74) is 1.19. The van der Waals surface area contributed by atoms with Crippen molar-refractivity contribution in [3.05, 3.63) is 65.2 Å². The molecule has 0 saturated carbocycles. The second-order valence-electron chi connectivity index (χ2n) is 6.44. The number of rotatable bonds is 9. The zero-order chi connectivity index (χ0) is 20.7. The van der Waals surface area contributed by atoms with Crippen LogP contribution in [0.5, 0.6) is 5.75 Å². The Balaban J connectivity index is 1.94. The van der Waals surface area contributed by atoms with E-state index in [1.54, 1.807) is 38.1 Å². The number of hydrogen-bond donors (Lipinski definition) is 2. The molecule has 0 unspecified atom stereocenters. The highest BCUT2D eigenvalue weighted by molar-refractivity contribution is 7.88. The molecule has 0 aliphatic carbocycles. The van der Waals surface area contributed by atoms with E-state index in [0.717, 1.165) is 12.1 Å². The quantitative estimate of drug-likeness (QED) is 0.663. The van der Waals surface area contributed by atoms with Crippen molar-refractivity contribution < 1.29 is 26.7 Å². The first-order chi connectivity index (χ1) is 13.2. The number of nitrogens with one attached hydrogen (secondary N) is 2. The fourth-order valence-corrected chi connectivity index (χ4v) is 3.95. The van der Waals surface area contributed by atoms with Crippen LogP contribution < -0.4 is 14.8 Å². The first kappa shape index (κ1) is 21.8. The number of carbonyl (C=O) groups is 1. The van der Waals surface area contributed by atoms with Crippen LogP contribution in [0.2, 0.25) is 0 Å². The van der Waals surface area contributed by atoms with Crippen LogP contribution in [0.15, 0.2) is 42.5 Å². The minimum Gasteiger partial charge on any atom is -0.481 e. The maximum Gasteiger partial charge on any atom is 0.258 e. The molecule has 6 nitrogen and oxygen atoms in total. The molecular weight excluding hydrogens is 390 g/mol. The van der Waals surface area contributed by atoms with E-state index in [0.29, 0.717) is 17.2 Å². The number of sulfonamides is 1. The van der Waals surface area contributed by atoms with Crippen molar-refractivity contribution >= 4 is 15.9 Å². The molecule has 2 N–H and O–H groups in total. The molecule has 0 fully saturated rings. The highest BCUT2D eigenvalue weighted by Gasteiger charge is 2.16. The normalized spacial score (nSPS) is 11.5. The topological polar surface area (TPSA) is 84.5 Å². The summed E-state index contributed by atoms with van der Waals surface area (Å²) in [6.07, 6.45) is 0. The van der Waals surface area contributed by atoms with Crippen molar-refractivity contribution in [1.29, 1.82) is 0 Å². The third kappa shape index (κ3) is 6.90. The highest BCUT2D eigenvalue weighted by Crippen LogP contribution is 2.17. The summed E-state index contributed by atoms with van der Waals surface area (Å²) in [5, 5.41) is 2.59. The van der Waals surface area contributed by atoms with Gasteiger partial charge < -0.3 is 10.1 Å². The van der Waals surface area contributed by atoms with Gasteiger partial charge in [-0.1, -0.05) is 24.3 Å². The minimum absolute atomic E-state index is 0.0848. The number of carbonyl (C=O) groups excluding carboxylic acids is 1. The van der Waals surface area contributed by atoms with Crippen LogP contribution in [0.4, 0.5) is 8.78 Å². The van der Waals surface area contributed by atoms with Gasteiger partial charge in [-0.3, -0.25) is 4.79 Å². The summed E-state index contributed by atoms with van der Waals surface area (Å²) >= 11 is 0. The Bertz CT molecular complexity index is 933. The van der Waals surface area contributed by atoms with Crippen molar-refractivity contribution in [2.45, 2.75) is 32.2 Å². The molecule has 2 aromatic rings. The zero-order valence-corrected chi connectivity index (χ0v) is 16.4. The fourth-order valence-electron chi connectivity index (χ4n) is 2.46. The summed E-state index contributed by atoms with van der Waals surface area (Å²) < 4.78 is 58.2. The average molecular weight is 412 g/mol. The lowest BCUT2D eigenvalue weighted by atomic mass is 10.1. The molecule has 0 spiro atoms. The van der Waals surface area contributed by atoms with Crippen LogP contribution in [-0.2, 0) is 27.1 Å². The van der Waals surface area contributed by atoms with Crippen molar-refractivity contribution in [1.82, 2.24) is 10.0 Å². The monoisotopic (exact) mass is 412 g/mol. The molecule has 0 radical (unpaired) electrons. The van der Waals surface area contributed by atoms with Crippen LogP contribution in [0.3, 0.4) is 0 Å². The van der Waals surface area contributed by atoms with E-state index in [9.17, 15) is 22.0 Å². The predicted molar refractivity (Wildman–Crippen MR) is 101 cm³/mol. The third-order valence-corrected chi connectivity index (χ3v) is 5.13. The second kappa shape index (κ2) is 9.61. The molecule has 28 heavy (non-hydrogen) atoms. The van der Waals surface area contributed by atoms with Crippen molar-refractivity contribution in [3.63, 3.8) is 0 Å². The van der Waals surface area contributed by atoms with Gasteiger partial charge >= 0.3 is 0 Å². The standard InChI is InChI=1S/C19H22F2N2O4S/c1-13(2)23-28(25,26)12-15-6-4-3-5-14(15)10-22-19(24)11-27-18-8-7-16(20)9-17(18)21/h3-9,13,23H,10-12H2,1-2H3,(H,22,24). The van der Waals surface area contributed by atoms with Gasteiger partial charge in [0.25, 0.3) is 5.91 Å². The van der Waals surface area contributed by atoms with Crippen LogP contribution in [-0.4, -0.2) is 27.0 Å². The highest BCUT2D eigenvalue weighted by atomic mass is 32.2. The summed E-state index contributed by atoms with van der Waals surface area (Å²) in [6, 6.07) is 9.39. The number of ether oxygens (including phenoxy) is 1. The van der Waals surface area contributed by atoms with E-state index in [2.05, 4.69) is 10.0 Å². The SMILES string of the molecule is CC(C)NS(=O)(=O)Cc1ccccc1CNC(=O)COc1ccc(F)cc1F. The van der Waals surface area contributed by atoms with Crippen molar-refractivity contribution in [3.8, 4) is 5.75 Å². The molecule has 0 heterocycles. The van der Waals surface area contributed by atoms with Gasteiger partial charge in [0.1, 0.15) is 5.82 Å². The lowest BCUT2D eigenvalue weighted by molar-refractivity contribution is -0.123. The number of benzene rings is 2. The second-order valence-corrected chi connectivity index (χ2v) is 8.19. The van der Waals surface area contributed by atoms with E-state index in [-0.39, 0.29) is 24.1 Å². The van der Waals surface area contributed by atoms with E-state index in [1.165, 1.54) is 0 Å². The largest absolute Gasteiger partial charge is 0.481 e. The molecule has 2 rings (SSSR count). The molecule has 0 bridgehead atoms. The van der Waals surface area contributed by atoms with Gasteiger partial charge in [-0.2, -0.15) is 0 Å². The lowest BCUT2D eigenvalue weighted by Crippen LogP contribution is -2.32. The molecule has 1 amide bonds. The summed E-state index contributed by atoms with van der Waals surface area (Å²) in [7, 11) is -3.51. The molecule has 0 saturated heterocycles. The number of hydrogen-bond acceptors (Lipinski definition) is 4. The smallest absolute Gasteiger partial charge is 0.258 e. The van der Waals surface area contributed by atoms with Crippen LogP contribution in [0.25, 0.3) is 0 Å². The Morgan fingerprint density at radius 1 is 1.11 bits per heavy atom. The van der Waals surface area contributed by atoms with E-state index < -0.39 is 34.2 Å². The van der Waals surface area contributed by atoms with Crippen molar-refractivity contribution in [2.24, 2.45) is 0 Å². The molecule has 0 aromatic heterocycles. The third-order valence-electron chi connectivity index (χ3n) is 3.61. The zero-order valence-electron chi connectivity index (χ0n) is 15.5. The molecule has 0 aliphatic heterocycles. The first-order valence-corrected chi connectivity index (χ1v) is 10.2. The lowest BCUT2D eigenvalue weighted by Gasteiger charge is -2.13. The molecule has 0 atom stereocenters. The minimum atomic E-state index is -3.51. The summed E-state index contributed by atoms with van der Waals surface area (Å²) in [4.78, 5) is 11.9. The van der Waals surface area contributed by atoms with Gasteiger partial charge in [0, 0.05) is 18.7 Å². The molecular formula is C19H22F2N2O4S. The maximum absolute atomic E-state index is 13.5. The summed E-state index contributed by atoms with van der Waals surface area (Å²) in [6.45, 7) is 3.08. The predicted octanol–water partition coefficient (Wildman–Crippen LogP) is 2.49. The Kier molecular flexibility index (Phi) is 7.47. The van der Waals surface area contributed by atoms with Gasteiger partial charge in [-0.05, 0) is 37.1 Å². The number of halogens is 2. The van der Waals surface area contributed by atoms with Gasteiger partial charge in [0.05, 0.1) is 5.75 Å². The van der Waals surface area contributed by atoms with Gasteiger partial charge in [-0.15, -0.1) is 0 Å². The molecule has 9 heteroatoms. The van der Waals surface area contributed by atoms with Crippen LogP contribution in [0.1, 0.15) is 25.0 Å². The number of amides is 1. The fraction of sp³-hybridized carbons (Fsp3) is 0.316. The first-order valence-electron chi connectivity index (χ1n) is 8.57. The van der Waals surface area contributed by atoms with Gasteiger partial charge in [0.15, 0.2) is 18.2 Å².